The Morgan fingerprint density at radius 1 is 1.44 bits per heavy atom. The van der Waals surface area contributed by atoms with E-state index >= 15 is 0 Å². The molecule has 1 heterocycles. The molecule has 2 N–H and O–H groups in total. The molecule has 2 nitrogen and oxygen atoms in total. The normalized spacial score (nSPS) is 13.7. The summed E-state index contributed by atoms with van der Waals surface area (Å²) in [5, 5.41) is 2.17. The number of nitrogens with two attached hydrogens (primary N) is 1. The molecule has 0 aliphatic rings. The molecule has 0 amide bonds. The molecule has 1 rings (SSSR count). The molecule has 1 aromatic rings. The van der Waals surface area contributed by atoms with E-state index in [2.05, 4.69) is 44.2 Å². The second-order valence-corrected chi connectivity index (χ2v) is 5.96. The lowest BCUT2D eigenvalue weighted by Crippen LogP contribution is -2.31. The van der Waals surface area contributed by atoms with E-state index in [1.807, 2.05) is 11.3 Å². The van der Waals surface area contributed by atoms with E-state index in [1.54, 1.807) is 0 Å². The molecule has 1 aromatic heterocycles. The van der Waals surface area contributed by atoms with E-state index in [-0.39, 0.29) is 0 Å². The molecule has 0 fully saturated rings. The first kappa shape index (κ1) is 13.7. The number of hydrogen-bond acceptors (Lipinski definition) is 3. The van der Waals surface area contributed by atoms with Crippen LogP contribution in [-0.4, -0.2) is 24.5 Å². The SMILES string of the molecule is Cc1ccsc1CN(C)CCC(N)C(C)C. The van der Waals surface area contributed by atoms with Crippen molar-refractivity contribution < 1.29 is 0 Å². The van der Waals surface area contributed by atoms with Crippen molar-refractivity contribution in [3.63, 3.8) is 0 Å². The largest absolute Gasteiger partial charge is 0.327 e. The monoisotopic (exact) mass is 240 g/mol. The van der Waals surface area contributed by atoms with Crippen molar-refractivity contribution in [3.05, 3.63) is 21.9 Å². The summed E-state index contributed by atoms with van der Waals surface area (Å²) in [4.78, 5) is 3.83. The summed E-state index contributed by atoms with van der Waals surface area (Å²) in [6.45, 7) is 8.69. The van der Waals surface area contributed by atoms with Crippen LogP contribution in [0.25, 0.3) is 0 Å². The first-order valence-electron chi connectivity index (χ1n) is 5.97. The molecule has 1 unspecified atom stereocenters. The van der Waals surface area contributed by atoms with Crippen LogP contribution in [0.4, 0.5) is 0 Å². The van der Waals surface area contributed by atoms with Gasteiger partial charge in [-0.2, -0.15) is 0 Å². The Labute approximate surface area is 103 Å². The molecule has 0 aliphatic heterocycles. The zero-order chi connectivity index (χ0) is 12.1. The van der Waals surface area contributed by atoms with Crippen molar-refractivity contribution >= 4 is 11.3 Å². The van der Waals surface area contributed by atoms with Gasteiger partial charge in [-0.25, -0.2) is 0 Å². The molecule has 0 radical (unpaired) electrons. The van der Waals surface area contributed by atoms with Crippen molar-refractivity contribution in [1.82, 2.24) is 4.90 Å². The summed E-state index contributed by atoms with van der Waals surface area (Å²) in [6.07, 6.45) is 1.08. The maximum absolute atomic E-state index is 6.04. The van der Waals surface area contributed by atoms with Gasteiger partial charge >= 0.3 is 0 Å². The van der Waals surface area contributed by atoms with Crippen molar-refractivity contribution in [2.45, 2.75) is 39.8 Å². The highest BCUT2D eigenvalue weighted by Crippen LogP contribution is 2.17. The zero-order valence-electron chi connectivity index (χ0n) is 10.9. The first-order valence-corrected chi connectivity index (χ1v) is 6.85. The predicted octanol–water partition coefficient (Wildman–Crippen LogP) is 2.86. The van der Waals surface area contributed by atoms with Gasteiger partial charge in [0.1, 0.15) is 0 Å². The summed E-state index contributed by atoms with van der Waals surface area (Å²) < 4.78 is 0. The molecular formula is C13H24N2S. The molecule has 0 saturated heterocycles. The van der Waals surface area contributed by atoms with Crippen molar-refractivity contribution in [2.75, 3.05) is 13.6 Å². The van der Waals surface area contributed by atoms with E-state index in [0.717, 1.165) is 19.5 Å². The molecule has 3 heteroatoms. The summed E-state index contributed by atoms with van der Waals surface area (Å²) in [5.41, 5.74) is 7.45. The first-order chi connectivity index (χ1) is 7.50. The minimum absolute atomic E-state index is 0.326. The second kappa shape index (κ2) is 6.38. The number of hydrogen-bond donors (Lipinski definition) is 1. The molecule has 0 bridgehead atoms. The Morgan fingerprint density at radius 3 is 2.62 bits per heavy atom. The standard InChI is InChI=1S/C13H24N2S/c1-10(2)12(14)5-7-15(4)9-13-11(3)6-8-16-13/h6,8,10,12H,5,7,9,14H2,1-4H3. The van der Waals surface area contributed by atoms with Gasteiger partial charge in [0.05, 0.1) is 0 Å². The highest BCUT2D eigenvalue weighted by Gasteiger charge is 2.10. The summed E-state index contributed by atoms with van der Waals surface area (Å²) in [7, 11) is 2.17. The van der Waals surface area contributed by atoms with E-state index in [0.29, 0.717) is 12.0 Å². The second-order valence-electron chi connectivity index (χ2n) is 4.96. The van der Waals surface area contributed by atoms with Crippen LogP contribution in [0.15, 0.2) is 11.4 Å². The Morgan fingerprint density at radius 2 is 2.12 bits per heavy atom. The predicted molar refractivity (Wildman–Crippen MR) is 72.8 cm³/mol. The fourth-order valence-electron chi connectivity index (χ4n) is 1.59. The fraction of sp³-hybridized carbons (Fsp3) is 0.692. The molecule has 92 valence electrons. The van der Waals surface area contributed by atoms with Gasteiger partial charge in [0.15, 0.2) is 0 Å². The topological polar surface area (TPSA) is 29.3 Å². The van der Waals surface area contributed by atoms with Crippen LogP contribution in [0.3, 0.4) is 0 Å². The van der Waals surface area contributed by atoms with E-state index in [4.69, 9.17) is 5.73 Å². The minimum atomic E-state index is 0.326. The maximum Gasteiger partial charge on any atom is 0.0327 e. The molecule has 0 aromatic carbocycles. The van der Waals surface area contributed by atoms with Gasteiger partial charge in [0.25, 0.3) is 0 Å². The Kier molecular flexibility index (Phi) is 5.46. The van der Waals surface area contributed by atoms with Gasteiger partial charge in [-0.1, -0.05) is 13.8 Å². The fourth-order valence-corrected chi connectivity index (χ4v) is 2.58. The van der Waals surface area contributed by atoms with Crippen molar-refractivity contribution in [2.24, 2.45) is 11.7 Å². The third kappa shape index (κ3) is 4.24. The molecule has 0 aliphatic carbocycles. The Balaban J connectivity index is 2.31. The van der Waals surface area contributed by atoms with Crippen LogP contribution in [0.5, 0.6) is 0 Å². The van der Waals surface area contributed by atoms with Crippen LogP contribution in [-0.2, 0) is 6.54 Å². The van der Waals surface area contributed by atoms with Crippen molar-refractivity contribution in [3.8, 4) is 0 Å². The average Bonchev–Trinajstić information content (AvgIpc) is 2.60. The molecule has 0 spiro atoms. The van der Waals surface area contributed by atoms with Gasteiger partial charge in [-0.15, -0.1) is 11.3 Å². The van der Waals surface area contributed by atoms with Crippen LogP contribution in [0.1, 0.15) is 30.7 Å². The number of aryl methyl sites for hydroxylation is 1. The summed E-state index contributed by atoms with van der Waals surface area (Å²) in [5.74, 6) is 0.580. The van der Waals surface area contributed by atoms with Gasteiger partial charge in [0, 0.05) is 17.5 Å². The number of nitrogens with zero attached hydrogens (tertiary/aromatic N) is 1. The zero-order valence-corrected chi connectivity index (χ0v) is 11.7. The molecule has 16 heavy (non-hydrogen) atoms. The lowest BCUT2D eigenvalue weighted by atomic mass is 10.0. The lowest BCUT2D eigenvalue weighted by molar-refractivity contribution is 0.298. The highest BCUT2D eigenvalue weighted by molar-refractivity contribution is 7.10. The third-order valence-corrected chi connectivity index (χ3v) is 4.09. The van der Waals surface area contributed by atoms with Gasteiger partial charge in [-0.3, -0.25) is 0 Å². The molecule has 0 saturated carbocycles. The summed E-state index contributed by atoms with van der Waals surface area (Å²) in [6, 6.07) is 2.51. The number of rotatable bonds is 6. The van der Waals surface area contributed by atoms with Crippen LogP contribution >= 0.6 is 11.3 Å². The van der Waals surface area contributed by atoms with Crippen LogP contribution in [0.2, 0.25) is 0 Å². The Bertz CT molecular complexity index is 307. The number of thiophene rings is 1. The van der Waals surface area contributed by atoms with Crippen molar-refractivity contribution in [1.29, 1.82) is 0 Å². The minimum Gasteiger partial charge on any atom is -0.327 e. The van der Waals surface area contributed by atoms with Gasteiger partial charge in [-0.05, 0) is 49.9 Å². The van der Waals surface area contributed by atoms with Crippen LogP contribution < -0.4 is 5.73 Å². The van der Waals surface area contributed by atoms with Gasteiger partial charge in [0.2, 0.25) is 0 Å². The van der Waals surface area contributed by atoms with E-state index < -0.39 is 0 Å². The summed E-state index contributed by atoms with van der Waals surface area (Å²) >= 11 is 1.85. The van der Waals surface area contributed by atoms with E-state index in [9.17, 15) is 0 Å². The smallest absolute Gasteiger partial charge is 0.0327 e. The van der Waals surface area contributed by atoms with Crippen LogP contribution in [0, 0.1) is 12.8 Å². The average molecular weight is 240 g/mol. The maximum atomic E-state index is 6.04. The quantitative estimate of drug-likeness (QED) is 0.828. The Hall–Kier alpha value is -0.380. The lowest BCUT2D eigenvalue weighted by Gasteiger charge is -2.21. The highest BCUT2D eigenvalue weighted by atomic mass is 32.1. The van der Waals surface area contributed by atoms with Gasteiger partial charge < -0.3 is 10.6 Å². The molecular weight excluding hydrogens is 216 g/mol. The third-order valence-electron chi connectivity index (χ3n) is 3.08. The molecule has 1 atom stereocenters. The van der Waals surface area contributed by atoms with E-state index in [1.165, 1.54) is 10.4 Å².